The van der Waals surface area contributed by atoms with Gasteiger partial charge >= 0.3 is 0 Å². The van der Waals surface area contributed by atoms with E-state index >= 15 is 0 Å². The molecule has 3 rings (SSSR count). The molecule has 0 aliphatic heterocycles. The quantitative estimate of drug-likeness (QED) is 0.493. The molecule has 0 N–H and O–H groups in total. The third-order valence-corrected chi connectivity index (χ3v) is 7.36. The highest BCUT2D eigenvalue weighted by Crippen LogP contribution is 2.42. The van der Waals surface area contributed by atoms with Gasteiger partial charge in [0, 0.05) is 12.7 Å². The van der Waals surface area contributed by atoms with Gasteiger partial charge in [0.15, 0.2) is 0 Å². The van der Waals surface area contributed by atoms with Crippen LogP contribution in [-0.4, -0.2) is 7.11 Å². The molecule has 2 fully saturated rings. The molecule has 0 aromatic heterocycles. The van der Waals surface area contributed by atoms with Crippen molar-refractivity contribution in [1.29, 1.82) is 0 Å². The second-order valence-electron chi connectivity index (χ2n) is 8.98. The lowest BCUT2D eigenvalue weighted by atomic mass is 9.68. The Hall–Kier alpha value is -0.960. The molecular weight excluding hydrogens is 342 g/mol. The van der Waals surface area contributed by atoms with Crippen LogP contribution in [0.5, 0.6) is 0 Å². The number of hydrogen-bond acceptors (Lipinski definition) is 1. The summed E-state index contributed by atoms with van der Waals surface area (Å²) in [6.45, 7) is 2.32. The van der Waals surface area contributed by atoms with E-state index in [2.05, 4.69) is 6.92 Å². The van der Waals surface area contributed by atoms with E-state index in [0.29, 0.717) is 0 Å². The number of ether oxygens (including phenoxy) is 1. The van der Waals surface area contributed by atoms with Gasteiger partial charge < -0.3 is 4.74 Å². The largest absolute Gasteiger partial charge is 0.380 e. The summed E-state index contributed by atoms with van der Waals surface area (Å²) in [5, 5.41) is 0. The highest BCUT2D eigenvalue weighted by Gasteiger charge is 2.30. The second kappa shape index (κ2) is 10.0. The van der Waals surface area contributed by atoms with Crippen LogP contribution in [0.15, 0.2) is 12.1 Å². The number of halogens is 2. The molecule has 0 atom stereocenters. The van der Waals surface area contributed by atoms with Crippen molar-refractivity contribution in [2.45, 2.75) is 84.2 Å². The van der Waals surface area contributed by atoms with E-state index in [1.54, 1.807) is 0 Å². The molecule has 1 aromatic carbocycles. The SMILES string of the molecule is CC[C@H]1CC[C@H](C2CCC(CCc3cc(F)c(COC)c(F)c3)CC2)CC1. The lowest BCUT2D eigenvalue weighted by Gasteiger charge is -2.37. The Kier molecular flexibility index (Phi) is 7.69. The van der Waals surface area contributed by atoms with Crippen LogP contribution in [0.2, 0.25) is 0 Å². The number of hydrogen-bond donors (Lipinski definition) is 0. The molecule has 0 bridgehead atoms. The maximum Gasteiger partial charge on any atom is 0.131 e. The Morgan fingerprint density at radius 2 is 1.37 bits per heavy atom. The first-order chi connectivity index (χ1) is 13.1. The average molecular weight is 379 g/mol. The van der Waals surface area contributed by atoms with E-state index in [1.807, 2.05) is 0 Å². The van der Waals surface area contributed by atoms with Gasteiger partial charge in [-0.2, -0.15) is 0 Å². The van der Waals surface area contributed by atoms with Gasteiger partial charge in [0.1, 0.15) is 11.6 Å². The lowest BCUT2D eigenvalue weighted by Crippen LogP contribution is -2.25. The van der Waals surface area contributed by atoms with E-state index in [1.165, 1.54) is 77.0 Å². The predicted molar refractivity (Wildman–Crippen MR) is 107 cm³/mol. The fourth-order valence-corrected chi connectivity index (χ4v) is 5.47. The molecule has 2 aliphatic carbocycles. The standard InChI is InChI=1S/C24H36F2O/c1-3-17-6-10-20(11-7-17)21-12-8-18(9-13-21)4-5-19-14-23(25)22(16-27-2)24(26)15-19/h14-15,17-18,20-21H,3-13,16H2,1-2H3/t17-,18?,20-,21?. The Morgan fingerprint density at radius 3 is 1.85 bits per heavy atom. The van der Waals surface area contributed by atoms with Crippen LogP contribution in [0.1, 0.15) is 82.3 Å². The fraction of sp³-hybridized carbons (Fsp3) is 0.750. The van der Waals surface area contributed by atoms with Crippen LogP contribution in [0.25, 0.3) is 0 Å². The van der Waals surface area contributed by atoms with Gasteiger partial charge in [-0.05, 0) is 79.9 Å². The summed E-state index contributed by atoms with van der Waals surface area (Å²) in [5.41, 5.74) is 0.824. The Labute approximate surface area is 163 Å². The van der Waals surface area contributed by atoms with Crippen LogP contribution in [-0.2, 0) is 17.8 Å². The normalized spacial score (nSPS) is 29.0. The van der Waals surface area contributed by atoms with E-state index in [-0.39, 0.29) is 12.2 Å². The van der Waals surface area contributed by atoms with Crippen LogP contribution in [0.3, 0.4) is 0 Å². The summed E-state index contributed by atoms with van der Waals surface area (Å²) < 4.78 is 33.0. The maximum absolute atomic E-state index is 14.1. The Morgan fingerprint density at radius 1 is 0.852 bits per heavy atom. The predicted octanol–water partition coefficient (Wildman–Crippen LogP) is 7.07. The molecule has 2 aliphatic rings. The van der Waals surface area contributed by atoms with Crippen molar-refractivity contribution in [3.63, 3.8) is 0 Å². The third-order valence-electron chi connectivity index (χ3n) is 7.36. The van der Waals surface area contributed by atoms with E-state index in [9.17, 15) is 8.78 Å². The number of aryl methyl sites for hydroxylation is 1. The molecular formula is C24H36F2O. The van der Waals surface area contributed by atoms with Crippen molar-refractivity contribution in [1.82, 2.24) is 0 Å². The molecule has 0 heterocycles. The zero-order chi connectivity index (χ0) is 19.2. The first-order valence-electron chi connectivity index (χ1n) is 11.1. The second-order valence-corrected chi connectivity index (χ2v) is 8.98. The molecule has 0 radical (unpaired) electrons. The smallest absolute Gasteiger partial charge is 0.131 e. The van der Waals surface area contributed by atoms with E-state index in [4.69, 9.17) is 4.74 Å². The third kappa shape index (κ3) is 5.53. The van der Waals surface area contributed by atoms with Gasteiger partial charge in [-0.15, -0.1) is 0 Å². The van der Waals surface area contributed by atoms with Crippen molar-refractivity contribution in [3.8, 4) is 0 Å². The van der Waals surface area contributed by atoms with Crippen molar-refractivity contribution in [2.75, 3.05) is 7.11 Å². The first kappa shape index (κ1) is 20.8. The molecule has 0 saturated heterocycles. The van der Waals surface area contributed by atoms with Gasteiger partial charge in [0.25, 0.3) is 0 Å². The van der Waals surface area contributed by atoms with Crippen LogP contribution >= 0.6 is 0 Å². The van der Waals surface area contributed by atoms with Gasteiger partial charge in [0.05, 0.1) is 6.61 Å². The Balaban J connectivity index is 1.43. The molecule has 1 nitrogen and oxygen atoms in total. The average Bonchev–Trinajstić information content (AvgIpc) is 2.70. The summed E-state index contributed by atoms with van der Waals surface area (Å²) in [5.74, 6) is 2.65. The molecule has 0 spiro atoms. The van der Waals surface area contributed by atoms with E-state index < -0.39 is 11.6 Å². The van der Waals surface area contributed by atoms with Crippen molar-refractivity contribution in [2.24, 2.45) is 23.7 Å². The number of rotatable bonds is 7. The molecule has 0 unspecified atom stereocenters. The zero-order valence-electron chi connectivity index (χ0n) is 17.1. The summed E-state index contributed by atoms with van der Waals surface area (Å²) in [6, 6.07) is 2.99. The van der Waals surface area contributed by atoms with E-state index in [0.717, 1.165) is 42.1 Å². The zero-order valence-corrected chi connectivity index (χ0v) is 17.1. The van der Waals surface area contributed by atoms with Crippen molar-refractivity contribution < 1.29 is 13.5 Å². The summed E-state index contributed by atoms with van der Waals surface area (Å²) >= 11 is 0. The van der Waals surface area contributed by atoms with Gasteiger partial charge in [-0.3, -0.25) is 0 Å². The minimum atomic E-state index is -0.474. The highest BCUT2D eigenvalue weighted by molar-refractivity contribution is 5.26. The van der Waals surface area contributed by atoms with Crippen LogP contribution < -0.4 is 0 Å². The minimum absolute atomic E-state index is 0.0118. The highest BCUT2D eigenvalue weighted by atomic mass is 19.1. The topological polar surface area (TPSA) is 9.23 Å². The molecule has 2 saturated carbocycles. The fourth-order valence-electron chi connectivity index (χ4n) is 5.47. The van der Waals surface area contributed by atoms with Gasteiger partial charge in [-0.25, -0.2) is 8.78 Å². The first-order valence-corrected chi connectivity index (χ1v) is 11.1. The van der Waals surface area contributed by atoms with Gasteiger partial charge in [0.2, 0.25) is 0 Å². The monoisotopic (exact) mass is 378 g/mol. The summed E-state index contributed by atoms with van der Waals surface area (Å²) in [4.78, 5) is 0. The molecule has 0 amide bonds. The Bertz CT molecular complexity index is 561. The number of methoxy groups -OCH3 is 1. The van der Waals surface area contributed by atoms with Crippen molar-refractivity contribution in [3.05, 3.63) is 34.9 Å². The molecule has 152 valence electrons. The minimum Gasteiger partial charge on any atom is -0.380 e. The van der Waals surface area contributed by atoms with Crippen LogP contribution in [0, 0.1) is 35.3 Å². The molecule has 1 aromatic rings. The summed E-state index contributed by atoms with van der Waals surface area (Å²) in [7, 11) is 1.46. The lowest BCUT2D eigenvalue weighted by molar-refractivity contribution is 0.142. The van der Waals surface area contributed by atoms with Crippen LogP contribution in [0.4, 0.5) is 8.78 Å². The molecule has 3 heteroatoms. The number of benzene rings is 1. The summed E-state index contributed by atoms with van der Waals surface area (Å²) in [6.07, 6.45) is 14.3. The van der Waals surface area contributed by atoms with Crippen molar-refractivity contribution >= 4 is 0 Å². The molecule has 27 heavy (non-hydrogen) atoms. The maximum atomic E-state index is 14.1. The van der Waals surface area contributed by atoms with Gasteiger partial charge in [-0.1, -0.05) is 39.0 Å².